The molecule has 0 radical (unpaired) electrons. The van der Waals surface area contributed by atoms with Crippen LogP contribution < -0.4 is 14.8 Å². The van der Waals surface area contributed by atoms with Gasteiger partial charge in [0.2, 0.25) is 21.8 Å². The van der Waals surface area contributed by atoms with E-state index < -0.39 is 22.0 Å². The highest BCUT2D eigenvalue weighted by atomic mass is 35.5. The van der Waals surface area contributed by atoms with Crippen LogP contribution in [0.25, 0.3) is 0 Å². The molecule has 0 spiro atoms. The lowest BCUT2D eigenvalue weighted by Crippen LogP contribution is -2.52. The highest BCUT2D eigenvalue weighted by Crippen LogP contribution is 2.29. The number of halogens is 1. The van der Waals surface area contributed by atoms with Crippen molar-refractivity contribution in [3.63, 3.8) is 0 Å². The number of fused-ring (bicyclic) bond motifs is 1. The topological polar surface area (TPSA) is 122 Å². The van der Waals surface area contributed by atoms with E-state index in [0.717, 1.165) is 0 Å². The Labute approximate surface area is 189 Å². The van der Waals surface area contributed by atoms with Crippen LogP contribution in [-0.4, -0.2) is 44.2 Å². The van der Waals surface area contributed by atoms with E-state index in [-0.39, 0.29) is 47.7 Å². The van der Waals surface area contributed by atoms with Crippen LogP contribution in [-0.2, 0) is 32.7 Å². The van der Waals surface area contributed by atoms with E-state index in [1.54, 1.807) is 18.2 Å². The molecule has 0 aromatic heterocycles. The minimum Gasteiger partial charge on any atom is -0.495 e. The Morgan fingerprint density at radius 3 is 2.66 bits per heavy atom. The molecule has 2 aliphatic rings. The van der Waals surface area contributed by atoms with E-state index in [0.29, 0.717) is 22.4 Å². The van der Waals surface area contributed by atoms with E-state index in [4.69, 9.17) is 16.3 Å². The number of amides is 3. The van der Waals surface area contributed by atoms with Crippen molar-refractivity contribution in [3.05, 3.63) is 58.1 Å². The van der Waals surface area contributed by atoms with Gasteiger partial charge in [0.15, 0.2) is 0 Å². The summed E-state index contributed by atoms with van der Waals surface area (Å²) in [5, 5.41) is 2.44. The normalized spacial score (nSPS) is 18.5. The lowest BCUT2D eigenvalue weighted by Gasteiger charge is -2.29. The third-order valence-corrected chi connectivity index (χ3v) is 7.18. The molecule has 9 nitrogen and oxygen atoms in total. The molecule has 1 unspecified atom stereocenters. The molecule has 3 amide bonds. The van der Waals surface area contributed by atoms with Crippen molar-refractivity contribution in [2.75, 3.05) is 7.11 Å². The Morgan fingerprint density at radius 1 is 1.19 bits per heavy atom. The first-order chi connectivity index (χ1) is 15.2. The number of methoxy groups -OCH3 is 1. The summed E-state index contributed by atoms with van der Waals surface area (Å²) in [4.78, 5) is 37.7. The summed E-state index contributed by atoms with van der Waals surface area (Å²) >= 11 is 6.03. The first kappa shape index (κ1) is 22.3. The zero-order chi connectivity index (χ0) is 23.0. The number of benzene rings is 2. The van der Waals surface area contributed by atoms with Crippen molar-refractivity contribution in [2.45, 2.75) is 36.9 Å². The third kappa shape index (κ3) is 4.21. The molecule has 4 rings (SSSR count). The van der Waals surface area contributed by atoms with Crippen LogP contribution in [0.1, 0.15) is 34.3 Å². The number of hydrogen-bond acceptors (Lipinski definition) is 6. The number of sulfonamides is 1. The number of hydrogen-bond donors (Lipinski definition) is 2. The van der Waals surface area contributed by atoms with Gasteiger partial charge in [-0.15, -0.1) is 0 Å². The van der Waals surface area contributed by atoms with Crippen LogP contribution >= 0.6 is 11.6 Å². The summed E-state index contributed by atoms with van der Waals surface area (Å²) in [5.74, 6) is -0.736. The minimum atomic E-state index is -3.82. The molecule has 0 saturated carbocycles. The van der Waals surface area contributed by atoms with Crippen LogP contribution in [0.15, 0.2) is 41.3 Å². The Kier molecular flexibility index (Phi) is 5.93. The highest BCUT2D eigenvalue weighted by molar-refractivity contribution is 7.89. The van der Waals surface area contributed by atoms with E-state index in [1.165, 1.54) is 30.2 Å². The number of carbonyl (C=O) groups excluding carboxylic acids is 3. The molecule has 32 heavy (non-hydrogen) atoms. The predicted octanol–water partition coefficient (Wildman–Crippen LogP) is 1.59. The number of nitrogens with one attached hydrogen (secondary N) is 2. The van der Waals surface area contributed by atoms with Crippen molar-refractivity contribution in [1.82, 2.24) is 14.9 Å². The molecule has 0 aliphatic carbocycles. The van der Waals surface area contributed by atoms with Gasteiger partial charge in [-0.3, -0.25) is 19.7 Å². The lowest BCUT2D eigenvalue weighted by molar-refractivity contribution is -0.136. The molecule has 2 aliphatic heterocycles. The number of rotatable bonds is 6. The van der Waals surface area contributed by atoms with Crippen LogP contribution in [0, 0.1) is 0 Å². The quantitative estimate of drug-likeness (QED) is 0.609. The summed E-state index contributed by atoms with van der Waals surface area (Å²) in [6.07, 6.45) is 0.459. The summed E-state index contributed by atoms with van der Waals surface area (Å²) in [7, 11) is -2.39. The van der Waals surface area contributed by atoms with Crippen molar-refractivity contribution in [1.29, 1.82) is 0 Å². The molecule has 2 heterocycles. The van der Waals surface area contributed by atoms with Gasteiger partial charge in [-0.1, -0.05) is 23.7 Å². The van der Waals surface area contributed by atoms with Gasteiger partial charge in [-0.05, 0) is 41.8 Å². The maximum atomic E-state index is 12.7. The predicted molar refractivity (Wildman–Crippen MR) is 115 cm³/mol. The fraction of sp³-hybridized carbons (Fsp3) is 0.286. The number of carbonyl (C=O) groups is 3. The Bertz CT molecular complexity index is 1230. The third-order valence-electron chi connectivity index (χ3n) is 5.49. The molecular weight excluding hydrogens is 458 g/mol. The first-order valence-corrected chi connectivity index (χ1v) is 11.7. The SMILES string of the molecule is COc1ccc(S(=O)(=O)NCc2ccc3c(c2)CN(C2CCC(=O)NC2=O)C3=O)cc1Cl. The van der Waals surface area contributed by atoms with Gasteiger partial charge >= 0.3 is 0 Å². The molecule has 11 heteroatoms. The van der Waals surface area contributed by atoms with Crippen molar-refractivity contribution in [3.8, 4) is 5.75 Å². The van der Waals surface area contributed by atoms with E-state index in [2.05, 4.69) is 10.0 Å². The second kappa shape index (κ2) is 8.53. The number of ether oxygens (including phenoxy) is 1. The monoisotopic (exact) mass is 477 g/mol. The maximum Gasteiger partial charge on any atom is 0.255 e. The van der Waals surface area contributed by atoms with E-state index in [9.17, 15) is 22.8 Å². The number of nitrogens with zero attached hydrogens (tertiary/aromatic N) is 1. The second-order valence-electron chi connectivity index (χ2n) is 7.51. The zero-order valence-corrected chi connectivity index (χ0v) is 18.6. The van der Waals surface area contributed by atoms with Gasteiger partial charge in [-0.25, -0.2) is 13.1 Å². The Hall–Kier alpha value is -2.95. The standard InChI is InChI=1S/C21H20ClN3O6S/c1-31-18-6-3-14(9-16(18)22)32(29,30)23-10-12-2-4-15-13(8-12)11-25(21(15)28)17-5-7-19(26)24-20(17)27/h2-4,6,8-9,17,23H,5,7,10-11H2,1H3,(H,24,26,27). The molecular formula is C21H20ClN3O6S. The van der Waals surface area contributed by atoms with Crippen LogP contribution in [0.3, 0.4) is 0 Å². The molecule has 1 saturated heterocycles. The molecule has 0 bridgehead atoms. The van der Waals surface area contributed by atoms with Crippen molar-refractivity contribution in [2.24, 2.45) is 0 Å². The number of imide groups is 1. The molecule has 168 valence electrons. The first-order valence-electron chi connectivity index (χ1n) is 9.79. The average Bonchev–Trinajstić information content (AvgIpc) is 3.08. The summed E-state index contributed by atoms with van der Waals surface area (Å²) < 4.78 is 32.8. The molecule has 1 fully saturated rings. The largest absolute Gasteiger partial charge is 0.495 e. The van der Waals surface area contributed by atoms with Crippen molar-refractivity contribution >= 4 is 39.3 Å². The lowest BCUT2D eigenvalue weighted by atomic mass is 10.0. The molecule has 2 aromatic rings. The van der Waals surface area contributed by atoms with Gasteiger partial charge in [0.25, 0.3) is 5.91 Å². The van der Waals surface area contributed by atoms with Crippen LogP contribution in [0.5, 0.6) is 5.75 Å². The molecule has 2 N–H and O–H groups in total. The fourth-order valence-corrected chi connectivity index (χ4v) is 5.18. The zero-order valence-electron chi connectivity index (χ0n) is 17.1. The molecule has 1 atom stereocenters. The van der Waals surface area contributed by atoms with Gasteiger partial charge in [0.1, 0.15) is 11.8 Å². The van der Waals surface area contributed by atoms with Gasteiger partial charge in [0, 0.05) is 25.1 Å². The maximum absolute atomic E-state index is 12.7. The van der Waals surface area contributed by atoms with E-state index >= 15 is 0 Å². The minimum absolute atomic E-state index is 0.00340. The Balaban J connectivity index is 1.47. The summed E-state index contributed by atoms with van der Waals surface area (Å²) in [6, 6.07) is 8.50. The van der Waals surface area contributed by atoms with Crippen molar-refractivity contribution < 1.29 is 27.5 Å². The summed E-state index contributed by atoms with van der Waals surface area (Å²) in [5.41, 5.74) is 1.82. The van der Waals surface area contributed by atoms with Crippen LogP contribution in [0.2, 0.25) is 5.02 Å². The highest BCUT2D eigenvalue weighted by Gasteiger charge is 2.39. The number of piperidine rings is 1. The van der Waals surface area contributed by atoms with Gasteiger partial charge in [0.05, 0.1) is 17.0 Å². The second-order valence-corrected chi connectivity index (χ2v) is 9.69. The average molecular weight is 478 g/mol. The van der Waals surface area contributed by atoms with Crippen LogP contribution in [0.4, 0.5) is 0 Å². The smallest absolute Gasteiger partial charge is 0.255 e. The van der Waals surface area contributed by atoms with E-state index in [1.807, 2.05) is 0 Å². The Morgan fingerprint density at radius 2 is 1.97 bits per heavy atom. The summed E-state index contributed by atoms with van der Waals surface area (Å²) in [6.45, 7) is 0.223. The molecule has 2 aromatic carbocycles. The fourth-order valence-electron chi connectivity index (χ4n) is 3.81. The van der Waals surface area contributed by atoms with Gasteiger partial charge in [-0.2, -0.15) is 0 Å². The van der Waals surface area contributed by atoms with Gasteiger partial charge < -0.3 is 9.64 Å².